The fourth-order valence-electron chi connectivity index (χ4n) is 5.77. The number of aromatic nitrogens is 3. The van der Waals surface area contributed by atoms with Crippen LogP contribution < -0.4 is 15.5 Å². The van der Waals surface area contributed by atoms with Crippen LogP contribution in [0, 0.1) is 0 Å². The van der Waals surface area contributed by atoms with Gasteiger partial charge in [0.1, 0.15) is 11.6 Å². The van der Waals surface area contributed by atoms with Crippen LogP contribution in [0.2, 0.25) is 5.02 Å². The minimum absolute atomic E-state index is 0.172. The van der Waals surface area contributed by atoms with Crippen molar-refractivity contribution < 1.29 is 9.90 Å². The molecule has 2 fully saturated rings. The van der Waals surface area contributed by atoms with E-state index in [0.29, 0.717) is 53.4 Å². The normalized spacial score (nSPS) is 20.4. The summed E-state index contributed by atoms with van der Waals surface area (Å²) in [4.78, 5) is 40.7. The molecule has 1 N–H and O–H groups in total. The van der Waals surface area contributed by atoms with Crippen molar-refractivity contribution >= 4 is 40.4 Å². The largest absolute Gasteiger partial charge is 0.465 e. The molecule has 9 nitrogen and oxygen atoms in total. The third-order valence-corrected chi connectivity index (χ3v) is 8.11. The zero-order chi connectivity index (χ0) is 27.1. The van der Waals surface area contributed by atoms with E-state index in [-0.39, 0.29) is 12.0 Å². The van der Waals surface area contributed by atoms with Crippen molar-refractivity contribution in [2.45, 2.75) is 65.0 Å². The molecule has 202 valence electrons. The van der Waals surface area contributed by atoms with Crippen molar-refractivity contribution in [3.8, 4) is 5.69 Å². The average molecular weight is 539 g/mol. The number of pyridine rings is 1. The maximum absolute atomic E-state index is 13.8. The molecule has 38 heavy (non-hydrogen) atoms. The first-order chi connectivity index (χ1) is 18.2. The van der Waals surface area contributed by atoms with Gasteiger partial charge in [0.2, 0.25) is 0 Å². The van der Waals surface area contributed by atoms with E-state index in [9.17, 15) is 14.7 Å². The van der Waals surface area contributed by atoms with Crippen LogP contribution in [0.25, 0.3) is 16.7 Å². The molecule has 2 aliphatic heterocycles. The summed E-state index contributed by atoms with van der Waals surface area (Å²) in [5.74, 6) is 1.36. The number of nitrogens with zero attached hydrogens (tertiary/aromatic N) is 6. The molecule has 0 spiro atoms. The van der Waals surface area contributed by atoms with Crippen LogP contribution in [0.3, 0.4) is 0 Å². The lowest BCUT2D eigenvalue weighted by molar-refractivity contribution is 0.136. The van der Waals surface area contributed by atoms with Gasteiger partial charge in [-0.25, -0.2) is 19.1 Å². The van der Waals surface area contributed by atoms with Gasteiger partial charge in [0.15, 0.2) is 5.65 Å². The van der Waals surface area contributed by atoms with Crippen LogP contribution in [-0.4, -0.2) is 68.9 Å². The van der Waals surface area contributed by atoms with Crippen molar-refractivity contribution in [2.24, 2.45) is 0 Å². The summed E-state index contributed by atoms with van der Waals surface area (Å²) < 4.78 is 1.61. The SMILES string of the molecule is CC(C)c1ccccc1-n1c(=O)nc(N2CCN(C(=O)O)CC2C)c2cc(Cl)c(N3CCCCC3C)nc21. The number of carboxylic acid groups (broad SMARTS) is 1. The predicted molar refractivity (Wildman–Crippen MR) is 151 cm³/mol. The molecule has 3 aromatic rings. The minimum atomic E-state index is -0.944. The van der Waals surface area contributed by atoms with Gasteiger partial charge in [-0.05, 0) is 56.7 Å². The number of piperazine rings is 1. The van der Waals surface area contributed by atoms with E-state index in [2.05, 4.69) is 30.7 Å². The second-order valence-corrected chi connectivity index (χ2v) is 11.1. The third kappa shape index (κ3) is 4.68. The monoisotopic (exact) mass is 538 g/mol. The van der Waals surface area contributed by atoms with Crippen LogP contribution in [0.15, 0.2) is 35.1 Å². The predicted octanol–water partition coefficient (Wildman–Crippen LogP) is 5.12. The Bertz CT molecular complexity index is 1420. The molecule has 2 saturated heterocycles. The van der Waals surface area contributed by atoms with Crippen LogP contribution in [0.1, 0.15) is 58.4 Å². The molecule has 5 rings (SSSR count). The molecular formula is C28H35ClN6O3. The Kier molecular flexibility index (Phi) is 7.22. The number of amides is 1. The Morgan fingerprint density at radius 3 is 2.45 bits per heavy atom. The minimum Gasteiger partial charge on any atom is -0.465 e. The molecule has 0 radical (unpaired) electrons. The molecular weight excluding hydrogens is 504 g/mol. The second kappa shape index (κ2) is 10.4. The van der Waals surface area contributed by atoms with E-state index in [1.165, 1.54) is 11.3 Å². The van der Waals surface area contributed by atoms with Crippen molar-refractivity contribution in [2.75, 3.05) is 36.0 Å². The first kappa shape index (κ1) is 26.3. The molecule has 2 aromatic heterocycles. The summed E-state index contributed by atoms with van der Waals surface area (Å²) in [7, 11) is 0. The molecule has 2 atom stereocenters. The second-order valence-electron chi connectivity index (χ2n) is 10.7. The number of piperidine rings is 1. The van der Waals surface area contributed by atoms with Gasteiger partial charge < -0.3 is 19.8 Å². The maximum Gasteiger partial charge on any atom is 0.407 e. The lowest BCUT2D eigenvalue weighted by Gasteiger charge is -2.40. The Labute approximate surface area is 227 Å². The summed E-state index contributed by atoms with van der Waals surface area (Å²) in [5.41, 5.74) is 1.88. The number of hydrogen-bond donors (Lipinski definition) is 1. The van der Waals surface area contributed by atoms with Crippen LogP contribution in [-0.2, 0) is 0 Å². The number of para-hydroxylation sites is 1. The number of rotatable bonds is 4. The molecule has 1 aromatic carbocycles. The van der Waals surface area contributed by atoms with E-state index in [1.807, 2.05) is 42.2 Å². The van der Waals surface area contributed by atoms with Crippen molar-refractivity contribution in [1.29, 1.82) is 0 Å². The molecule has 1 amide bonds. The van der Waals surface area contributed by atoms with Gasteiger partial charge in [-0.1, -0.05) is 43.6 Å². The lowest BCUT2D eigenvalue weighted by Crippen LogP contribution is -2.54. The van der Waals surface area contributed by atoms with Crippen molar-refractivity contribution in [1.82, 2.24) is 19.4 Å². The highest BCUT2D eigenvalue weighted by Gasteiger charge is 2.31. The standard InChI is InChI=1S/C28H35ClN6O3/c1-17(2)20-10-5-6-11-23(20)35-25-21(15-22(29)26(30-25)33-12-8-7-9-18(33)3)24(31-27(35)36)34-14-13-32(28(37)38)16-19(34)4/h5-6,10-11,15,17-19H,7-9,12-14,16H2,1-4H3,(H,37,38). The fourth-order valence-corrected chi connectivity index (χ4v) is 6.03. The summed E-state index contributed by atoms with van der Waals surface area (Å²) in [5, 5.41) is 10.7. The van der Waals surface area contributed by atoms with Gasteiger partial charge in [0, 0.05) is 38.3 Å². The Morgan fingerprint density at radius 2 is 1.76 bits per heavy atom. The zero-order valence-electron chi connectivity index (χ0n) is 22.4. The van der Waals surface area contributed by atoms with Crippen LogP contribution >= 0.6 is 11.6 Å². The third-order valence-electron chi connectivity index (χ3n) is 7.83. The Balaban J connectivity index is 1.76. The number of halogens is 1. The highest BCUT2D eigenvalue weighted by Crippen LogP contribution is 2.36. The summed E-state index contributed by atoms with van der Waals surface area (Å²) in [6.45, 7) is 10.3. The topological polar surface area (TPSA) is 94.8 Å². The van der Waals surface area contributed by atoms with E-state index in [4.69, 9.17) is 16.6 Å². The summed E-state index contributed by atoms with van der Waals surface area (Å²) in [6.07, 6.45) is 2.35. The number of anilines is 2. The molecule has 10 heteroatoms. The highest BCUT2D eigenvalue weighted by molar-refractivity contribution is 6.33. The smallest absolute Gasteiger partial charge is 0.407 e. The van der Waals surface area contributed by atoms with Crippen LogP contribution in [0.4, 0.5) is 16.4 Å². The highest BCUT2D eigenvalue weighted by atomic mass is 35.5. The molecule has 0 aliphatic carbocycles. The van der Waals surface area contributed by atoms with Gasteiger partial charge in [-0.2, -0.15) is 4.98 Å². The number of benzene rings is 1. The average Bonchev–Trinajstić information content (AvgIpc) is 2.88. The molecule has 2 aliphatic rings. The number of carbonyl (C=O) groups is 1. The van der Waals surface area contributed by atoms with Gasteiger partial charge in [-0.3, -0.25) is 0 Å². The lowest BCUT2D eigenvalue weighted by atomic mass is 10.0. The van der Waals surface area contributed by atoms with Crippen LogP contribution in [0.5, 0.6) is 0 Å². The summed E-state index contributed by atoms with van der Waals surface area (Å²) >= 11 is 6.91. The summed E-state index contributed by atoms with van der Waals surface area (Å²) in [6, 6.07) is 9.86. The molecule has 0 saturated carbocycles. The first-order valence-electron chi connectivity index (χ1n) is 13.4. The van der Waals surface area contributed by atoms with E-state index in [0.717, 1.165) is 30.6 Å². The Morgan fingerprint density at radius 1 is 1.03 bits per heavy atom. The quantitative estimate of drug-likeness (QED) is 0.492. The first-order valence-corrected chi connectivity index (χ1v) is 13.8. The van der Waals surface area contributed by atoms with Gasteiger partial charge >= 0.3 is 11.8 Å². The Hall–Kier alpha value is -3.33. The van der Waals surface area contributed by atoms with Gasteiger partial charge in [-0.15, -0.1) is 0 Å². The molecule has 4 heterocycles. The molecule has 2 unspecified atom stereocenters. The van der Waals surface area contributed by atoms with E-state index >= 15 is 0 Å². The fraction of sp³-hybridized carbons (Fsp3) is 0.500. The van der Waals surface area contributed by atoms with Crippen molar-refractivity contribution in [3.05, 3.63) is 51.4 Å². The van der Waals surface area contributed by atoms with Crippen molar-refractivity contribution in [3.63, 3.8) is 0 Å². The number of hydrogen-bond acceptors (Lipinski definition) is 6. The maximum atomic E-state index is 13.8. The zero-order valence-corrected chi connectivity index (χ0v) is 23.1. The van der Waals surface area contributed by atoms with E-state index < -0.39 is 11.8 Å². The van der Waals surface area contributed by atoms with Gasteiger partial charge in [0.25, 0.3) is 0 Å². The molecule has 0 bridgehead atoms. The van der Waals surface area contributed by atoms with E-state index in [1.54, 1.807) is 4.57 Å². The van der Waals surface area contributed by atoms with Gasteiger partial charge in [0.05, 0.1) is 16.1 Å². The number of fused-ring (bicyclic) bond motifs is 1.